The fraction of sp³-hybridized carbons (Fsp3) is 0.143. The van der Waals surface area contributed by atoms with Crippen LogP contribution in [-0.2, 0) is 10.8 Å². The maximum atomic E-state index is 6.74. The first kappa shape index (κ1) is 35.9. The molecule has 0 bridgehead atoms. The molecule has 1 aliphatic heterocycles. The Bertz CT molecular complexity index is 3880. The molecular weight excluding hydrogens is 776 g/mol. The Morgan fingerprint density at radius 3 is 2.00 bits per heavy atom. The van der Waals surface area contributed by atoms with Crippen molar-refractivity contribution in [3.05, 3.63) is 151 Å². The Morgan fingerprint density at radius 2 is 1.18 bits per heavy atom. The van der Waals surface area contributed by atoms with E-state index in [-0.39, 0.29) is 10.8 Å². The number of hydrogen-bond donors (Lipinski definition) is 1. The second-order valence-corrected chi connectivity index (χ2v) is 20.5. The minimum atomic E-state index is 0.00756. The summed E-state index contributed by atoms with van der Waals surface area (Å²) in [5.41, 5.74) is 17.0. The summed E-state index contributed by atoms with van der Waals surface area (Å²) >= 11 is 1.88. The van der Waals surface area contributed by atoms with Crippen LogP contribution in [0.25, 0.3) is 103 Å². The molecule has 12 aromatic rings. The van der Waals surface area contributed by atoms with Gasteiger partial charge >= 0.3 is 0 Å². The van der Waals surface area contributed by atoms with Gasteiger partial charge in [0.15, 0.2) is 7.28 Å². The van der Waals surface area contributed by atoms with Crippen LogP contribution < -0.4 is 16.2 Å². The van der Waals surface area contributed by atoms with Crippen LogP contribution in [0.5, 0.6) is 0 Å². The van der Waals surface area contributed by atoms with Gasteiger partial charge in [0, 0.05) is 75.6 Å². The van der Waals surface area contributed by atoms with Crippen LogP contribution in [0, 0.1) is 0 Å². The van der Waals surface area contributed by atoms with Crippen molar-refractivity contribution in [3.63, 3.8) is 0 Å². The van der Waals surface area contributed by atoms with Gasteiger partial charge in [-0.1, -0.05) is 126 Å². The first-order valence-corrected chi connectivity index (χ1v) is 22.5. The third-order valence-corrected chi connectivity index (χ3v) is 14.6. The number of thiophene rings is 1. The molecule has 298 valence electrons. The van der Waals surface area contributed by atoms with Gasteiger partial charge in [-0.3, -0.25) is 0 Å². The van der Waals surface area contributed by atoms with Gasteiger partial charge in [0.1, 0.15) is 22.3 Å². The molecule has 4 aromatic heterocycles. The van der Waals surface area contributed by atoms with Gasteiger partial charge in [-0.2, -0.15) is 0 Å². The molecule has 0 spiro atoms. The monoisotopic (exact) mass is 818 g/mol. The highest BCUT2D eigenvalue weighted by Crippen LogP contribution is 2.44. The Labute approximate surface area is 363 Å². The van der Waals surface area contributed by atoms with E-state index >= 15 is 0 Å². The molecule has 0 saturated heterocycles. The van der Waals surface area contributed by atoms with Gasteiger partial charge in [-0.05, 0) is 93.0 Å². The van der Waals surface area contributed by atoms with Crippen LogP contribution in [0.4, 0.5) is 11.4 Å². The topological polar surface area (TPSA) is 43.2 Å². The standard InChI is InChI=1S/C56H43BN2O2S/c1-55(2,3)30-15-18-32(19-16-30)58-44-28-50-40(34-20-17-31(56(4,5)6)23-48(34)61-50)24-38(44)36-21-22-37-39-27-49-41(33-11-7-9-13-47(33)60-49)26-45(39)59-46-29-52-42(25-43(46)57-53(36)54(37)59)35-12-8-10-14-51(35)62-52/h7-29,57-58H,1-6H3. The van der Waals surface area contributed by atoms with Crippen LogP contribution in [0.2, 0.25) is 0 Å². The number of hydrogen-bond acceptors (Lipinski definition) is 4. The number of aromatic nitrogens is 1. The molecular formula is C56H43BN2O2S. The van der Waals surface area contributed by atoms with E-state index in [2.05, 4.69) is 191 Å². The van der Waals surface area contributed by atoms with Crippen molar-refractivity contribution in [2.24, 2.45) is 0 Å². The van der Waals surface area contributed by atoms with Crippen LogP contribution >= 0.6 is 11.3 Å². The normalized spacial score (nSPS) is 13.1. The van der Waals surface area contributed by atoms with Crippen LogP contribution in [0.3, 0.4) is 0 Å². The average Bonchev–Trinajstić information content (AvgIpc) is 4.00. The van der Waals surface area contributed by atoms with E-state index in [9.17, 15) is 0 Å². The highest BCUT2D eigenvalue weighted by molar-refractivity contribution is 7.25. The summed E-state index contributed by atoms with van der Waals surface area (Å²) in [5.74, 6) is 0. The number of rotatable bonds is 3. The first-order chi connectivity index (χ1) is 29.9. The summed E-state index contributed by atoms with van der Waals surface area (Å²) in [4.78, 5) is 0. The van der Waals surface area contributed by atoms with Crippen molar-refractivity contribution in [2.75, 3.05) is 5.32 Å². The zero-order valence-corrected chi connectivity index (χ0v) is 36.5. The predicted octanol–water partition coefficient (Wildman–Crippen LogP) is 14.7. The van der Waals surface area contributed by atoms with E-state index in [4.69, 9.17) is 8.83 Å². The molecule has 0 aliphatic carbocycles. The van der Waals surface area contributed by atoms with E-state index in [1.165, 1.54) is 75.3 Å². The maximum Gasteiger partial charge on any atom is 0.198 e. The van der Waals surface area contributed by atoms with E-state index < -0.39 is 0 Å². The van der Waals surface area contributed by atoms with E-state index in [1.54, 1.807) is 0 Å². The van der Waals surface area contributed by atoms with Crippen LogP contribution in [0.15, 0.2) is 148 Å². The second-order valence-electron chi connectivity index (χ2n) is 19.4. The highest BCUT2D eigenvalue weighted by Gasteiger charge is 2.29. The molecule has 8 aromatic carbocycles. The number of nitrogens with one attached hydrogen (secondary N) is 1. The van der Waals surface area contributed by atoms with Gasteiger partial charge < -0.3 is 18.7 Å². The smallest absolute Gasteiger partial charge is 0.198 e. The van der Waals surface area contributed by atoms with Gasteiger partial charge in [-0.25, -0.2) is 0 Å². The fourth-order valence-electron chi connectivity index (χ4n) is 10.2. The lowest BCUT2D eigenvalue weighted by Crippen LogP contribution is -2.37. The highest BCUT2D eigenvalue weighted by atomic mass is 32.1. The van der Waals surface area contributed by atoms with E-state index in [0.29, 0.717) is 0 Å². The quantitative estimate of drug-likeness (QED) is 0.181. The summed E-state index contributed by atoms with van der Waals surface area (Å²) in [6, 6.07) is 51.8. The number of anilines is 2. The van der Waals surface area contributed by atoms with Gasteiger partial charge in [0.25, 0.3) is 0 Å². The number of para-hydroxylation sites is 1. The molecule has 4 nitrogen and oxygen atoms in total. The van der Waals surface area contributed by atoms with Crippen molar-refractivity contribution in [1.29, 1.82) is 0 Å². The number of fused-ring (bicyclic) bond motifs is 14. The Balaban J connectivity index is 1.11. The third kappa shape index (κ3) is 5.20. The third-order valence-electron chi connectivity index (χ3n) is 13.5. The average molecular weight is 819 g/mol. The summed E-state index contributed by atoms with van der Waals surface area (Å²) in [5, 5.41) is 13.5. The number of nitrogens with zero attached hydrogens (tertiary/aromatic N) is 1. The Hall–Kier alpha value is -6.76. The molecule has 5 heterocycles. The predicted molar refractivity (Wildman–Crippen MR) is 267 cm³/mol. The van der Waals surface area contributed by atoms with Crippen molar-refractivity contribution >= 4 is 127 Å². The van der Waals surface area contributed by atoms with Gasteiger partial charge in [0.2, 0.25) is 0 Å². The molecule has 62 heavy (non-hydrogen) atoms. The molecule has 13 rings (SSSR count). The number of benzene rings is 8. The van der Waals surface area contributed by atoms with Crippen LogP contribution in [-0.4, -0.2) is 11.8 Å². The Kier molecular flexibility index (Phi) is 7.21. The molecule has 0 fully saturated rings. The molecule has 0 saturated carbocycles. The summed E-state index contributed by atoms with van der Waals surface area (Å²) in [7, 11) is 0.802. The van der Waals surface area contributed by atoms with E-state index in [0.717, 1.165) is 68.1 Å². The molecule has 1 aliphatic rings. The minimum absolute atomic E-state index is 0.00756. The van der Waals surface area contributed by atoms with Gasteiger partial charge in [0.05, 0.1) is 11.2 Å². The van der Waals surface area contributed by atoms with Crippen molar-refractivity contribution in [3.8, 4) is 16.8 Å². The second kappa shape index (κ2) is 12.4. The van der Waals surface area contributed by atoms with Crippen molar-refractivity contribution in [2.45, 2.75) is 52.4 Å². The zero-order chi connectivity index (χ0) is 41.8. The lowest BCUT2D eigenvalue weighted by molar-refractivity contribution is 0.587. The largest absolute Gasteiger partial charge is 0.456 e. The van der Waals surface area contributed by atoms with E-state index in [1.807, 2.05) is 11.3 Å². The summed E-state index contributed by atoms with van der Waals surface area (Å²) in [6.45, 7) is 13.6. The summed E-state index contributed by atoms with van der Waals surface area (Å²) in [6.07, 6.45) is 0. The van der Waals surface area contributed by atoms with Crippen molar-refractivity contribution in [1.82, 2.24) is 4.57 Å². The molecule has 1 N–H and O–H groups in total. The molecule has 0 atom stereocenters. The van der Waals surface area contributed by atoms with Gasteiger partial charge in [-0.15, -0.1) is 11.3 Å². The molecule has 0 amide bonds. The zero-order valence-electron chi connectivity index (χ0n) is 35.7. The molecule has 6 heteroatoms. The lowest BCUT2D eigenvalue weighted by Gasteiger charge is -2.24. The number of furan rings is 2. The first-order valence-electron chi connectivity index (χ1n) is 21.7. The minimum Gasteiger partial charge on any atom is -0.456 e. The Morgan fingerprint density at radius 1 is 0.500 bits per heavy atom. The van der Waals surface area contributed by atoms with Crippen molar-refractivity contribution < 1.29 is 8.83 Å². The fourth-order valence-corrected chi connectivity index (χ4v) is 11.4. The molecule has 0 radical (unpaired) electrons. The maximum absolute atomic E-state index is 6.74. The molecule has 0 unspecified atom stereocenters. The summed E-state index contributed by atoms with van der Waals surface area (Å²) < 4.78 is 18.5. The SMILES string of the molecule is CC(C)(C)c1ccc(Nc2cc3oc4cc(C(C)(C)C)ccc4c3cc2-c2ccc3c4cc5oc6ccccc6c5cc4n4c3c2Bc2cc3c(cc2-4)sc2ccccc23)cc1. The van der Waals surface area contributed by atoms with Crippen LogP contribution in [0.1, 0.15) is 52.7 Å². The lowest BCUT2D eigenvalue weighted by atomic mass is 9.59.